The highest BCUT2D eigenvalue weighted by atomic mass is 19.3. The number of hydrogen-bond donors (Lipinski definition) is 4. The Bertz CT molecular complexity index is 1440. The van der Waals surface area contributed by atoms with E-state index in [1.807, 2.05) is 4.90 Å². The van der Waals surface area contributed by atoms with E-state index in [1.165, 1.54) is 54.0 Å². The molecule has 1 fully saturated rings. The second-order valence-electron chi connectivity index (χ2n) is 11.0. The van der Waals surface area contributed by atoms with Crippen LogP contribution in [0.4, 0.5) is 18.9 Å². The molecule has 1 aliphatic rings. The third kappa shape index (κ3) is 12.1. The zero-order valence-corrected chi connectivity index (χ0v) is 26.1. The van der Waals surface area contributed by atoms with E-state index in [1.54, 1.807) is 17.0 Å². The molecule has 1 atom stereocenters. The van der Waals surface area contributed by atoms with Crippen molar-refractivity contribution in [1.29, 1.82) is 0 Å². The molecule has 0 radical (unpaired) electrons. The number of ether oxygens (including phenoxy) is 1. The van der Waals surface area contributed by atoms with Crippen LogP contribution in [-0.4, -0.2) is 95.7 Å². The van der Waals surface area contributed by atoms with Crippen LogP contribution in [0.2, 0.25) is 0 Å². The Balaban J connectivity index is 1.40. The number of hydrogen-bond acceptors (Lipinski definition) is 9. The van der Waals surface area contributed by atoms with Crippen molar-refractivity contribution >= 4 is 23.4 Å². The monoisotopic (exact) mass is 650 g/mol. The van der Waals surface area contributed by atoms with Gasteiger partial charge in [-0.2, -0.15) is 8.78 Å². The molecule has 0 spiro atoms. The van der Waals surface area contributed by atoms with Gasteiger partial charge in [-0.25, -0.2) is 9.40 Å². The number of pyridine rings is 1. The number of nitrogens with two attached hydrogens (primary N) is 1. The fraction of sp³-hybridized carbons (Fsp3) is 0.467. The van der Waals surface area contributed by atoms with Gasteiger partial charge < -0.3 is 36.0 Å². The molecule has 1 saturated heterocycles. The first-order valence-electron chi connectivity index (χ1n) is 14.7. The summed E-state index contributed by atoms with van der Waals surface area (Å²) in [7, 11) is 1.52. The molecule has 46 heavy (non-hydrogen) atoms. The van der Waals surface area contributed by atoms with Crippen LogP contribution >= 0.6 is 0 Å². The average Bonchev–Trinajstić information content (AvgIpc) is 2.97. The lowest BCUT2D eigenvalue weighted by Crippen LogP contribution is -2.49. The van der Waals surface area contributed by atoms with Gasteiger partial charge >= 0.3 is 6.11 Å². The van der Waals surface area contributed by atoms with Gasteiger partial charge in [-0.3, -0.25) is 24.1 Å². The number of rotatable bonds is 15. The van der Waals surface area contributed by atoms with Crippen LogP contribution in [0, 0.1) is 0 Å². The minimum Gasteiger partial charge on any atom is -0.433 e. The van der Waals surface area contributed by atoms with Gasteiger partial charge in [0.2, 0.25) is 11.8 Å². The second kappa shape index (κ2) is 16.7. The SMILES string of the molecule is CC(=O)N1CCN(CC(=O)Nc2ccn(CCC(F)CN(C)N/C(=C\N)C(=O)NCc3cccc(OC(C)(F)F)c3)c(=O)c2)CC1. The third-order valence-electron chi connectivity index (χ3n) is 6.99. The number of nitrogens with zero attached hydrogens (tertiary/aromatic N) is 4. The Morgan fingerprint density at radius 2 is 1.87 bits per heavy atom. The summed E-state index contributed by atoms with van der Waals surface area (Å²) in [6.45, 7) is 4.48. The van der Waals surface area contributed by atoms with E-state index in [4.69, 9.17) is 5.73 Å². The molecule has 0 bridgehead atoms. The second-order valence-corrected chi connectivity index (χ2v) is 11.0. The third-order valence-corrected chi connectivity index (χ3v) is 6.99. The van der Waals surface area contributed by atoms with E-state index < -0.39 is 23.7 Å². The summed E-state index contributed by atoms with van der Waals surface area (Å²) >= 11 is 0. The van der Waals surface area contributed by atoms with E-state index in [0.717, 1.165) is 6.20 Å². The minimum absolute atomic E-state index is 0.00344. The molecule has 3 amide bonds. The Morgan fingerprint density at radius 1 is 1.15 bits per heavy atom. The summed E-state index contributed by atoms with van der Waals surface area (Å²) in [6.07, 6.45) is -2.24. The molecule has 5 N–H and O–H groups in total. The van der Waals surface area contributed by atoms with Gasteiger partial charge in [0.15, 0.2) is 0 Å². The molecule has 1 aliphatic heterocycles. The number of alkyl halides is 3. The largest absolute Gasteiger partial charge is 0.433 e. The molecular formula is C30H41F3N8O5. The molecule has 0 saturated carbocycles. The first-order valence-corrected chi connectivity index (χ1v) is 14.7. The van der Waals surface area contributed by atoms with Crippen molar-refractivity contribution in [2.45, 2.75) is 45.6 Å². The Hall–Kier alpha value is -4.57. The van der Waals surface area contributed by atoms with Crippen molar-refractivity contribution in [2.24, 2.45) is 5.73 Å². The molecule has 13 nitrogen and oxygen atoms in total. The number of aryl methyl sites for hydroxylation is 1. The molecule has 2 heterocycles. The topological polar surface area (TPSA) is 154 Å². The van der Waals surface area contributed by atoms with Crippen molar-refractivity contribution in [1.82, 2.24) is 30.1 Å². The zero-order chi connectivity index (χ0) is 33.9. The van der Waals surface area contributed by atoms with Crippen LogP contribution in [-0.2, 0) is 27.5 Å². The molecule has 2 aromatic rings. The molecule has 1 aromatic heterocycles. The number of benzene rings is 1. The number of halogens is 3. The van der Waals surface area contributed by atoms with Crippen LogP contribution in [0.5, 0.6) is 5.75 Å². The van der Waals surface area contributed by atoms with Crippen LogP contribution < -0.4 is 32.1 Å². The maximum Gasteiger partial charge on any atom is 0.394 e. The molecule has 0 aliphatic carbocycles. The average molecular weight is 651 g/mol. The highest BCUT2D eigenvalue weighted by Gasteiger charge is 2.23. The Labute approximate surface area is 265 Å². The van der Waals surface area contributed by atoms with Gasteiger partial charge in [0.25, 0.3) is 11.5 Å². The molecule has 1 unspecified atom stereocenters. The number of amides is 3. The summed E-state index contributed by atoms with van der Waals surface area (Å²) in [5, 5.41) is 6.64. The minimum atomic E-state index is -3.35. The number of carbonyl (C=O) groups is 3. The lowest BCUT2D eigenvalue weighted by Gasteiger charge is -2.33. The summed E-state index contributed by atoms with van der Waals surface area (Å²) in [5.74, 6) is -0.939. The van der Waals surface area contributed by atoms with Crippen LogP contribution in [0.1, 0.15) is 25.8 Å². The number of anilines is 1. The Kier molecular flexibility index (Phi) is 13.0. The summed E-state index contributed by atoms with van der Waals surface area (Å²) in [5.41, 5.74) is 8.67. The van der Waals surface area contributed by atoms with Crippen molar-refractivity contribution in [2.75, 3.05) is 51.6 Å². The van der Waals surface area contributed by atoms with E-state index in [0.29, 0.717) is 44.4 Å². The Morgan fingerprint density at radius 3 is 2.50 bits per heavy atom. The lowest BCUT2D eigenvalue weighted by molar-refractivity contribution is -0.159. The standard InChI is InChI=1S/C30H41F3N8O5/c1-21(42)40-13-11-39(12-14-40)20-27(43)36-24-8-10-41(28(44)16-24)9-7-23(31)19-38(3)37-26(17-34)29(45)35-18-22-5-4-6-25(15-22)46-30(2,32)33/h4-6,8,10,15-17,23,37H,7,9,11-14,18-20,34H2,1-3H3,(H,35,45)(H,36,43)/b26-17-. The van der Waals surface area contributed by atoms with Crippen LogP contribution in [0.25, 0.3) is 0 Å². The van der Waals surface area contributed by atoms with Gasteiger partial charge in [0.1, 0.15) is 17.6 Å². The number of piperazine rings is 1. The highest BCUT2D eigenvalue weighted by molar-refractivity contribution is 5.92. The predicted molar refractivity (Wildman–Crippen MR) is 165 cm³/mol. The molecule has 3 rings (SSSR count). The molecular weight excluding hydrogens is 609 g/mol. The van der Waals surface area contributed by atoms with Crippen LogP contribution in [0.3, 0.4) is 0 Å². The number of aromatic nitrogens is 1. The normalized spacial score (nSPS) is 14.9. The highest BCUT2D eigenvalue weighted by Crippen LogP contribution is 2.21. The van der Waals surface area contributed by atoms with Gasteiger partial charge in [-0.15, -0.1) is 0 Å². The van der Waals surface area contributed by atoms with Crippen molar-refractivity contribution in [3.63, 3.8) is 0 Å². The quantitative estimate of drug-likeness (QED) is 0.165. The fourth-order valence-electron chi connectivity index (χ4n) is 4.68. The maximum absolute atomic E-state index is 14.8. The van der Waals surface area contributed by atoms with Crippen molar-refractivity contribution < 1.29 is 32.3 Å². The molecule has 16 heteroatoms. The molecule has 1 aromatic carbocycles. The van der Waals surface area contributed by atoms with Gasteiger partial charge in [0, 0.05) is 90.9 Å². The van der Waals surface area contributed by atoms with Crippen molar-refractivity contribution in [3.8, 4) is 5.75 Å². The lowest BCUT2D eigenvalue weighted by atomic mass is 10.2. The summed E-state index contributed by atoms with van der Waals surface area (Å²) in [4.78, 5) is 52.7. The number of hydrazine groups is 1. The molecule has 252 valence electrons. The van der Waals surface area contributed by atoms with E-state index >= 15 is 0 Å². The fourth-order valence-corrected chi connectivity index (χ4v) is 4.68. The number of carbonyl (C=O) groups excluding carboxylic acids is 3. The summed E-state index contributed by atoms with van der Waals surface area (Å²) in [6, 6.07) is 8.71. The zero-order valence-electron chi connectivity index (χ0n) is 26.1. The first-order chi connectivity index (χ1) is 21.7. The predicted octanol–water partition coefficient (Wildman–Crippen LogP) is 1.22. The van der Waals surface area contributed by atoms with Gasteiger partial charge in [0.05, 0.1) is 6.54 Å². The number of nitrogens with one attached hydrogen (secondary N) is 3. The van der Waals surface area contributed by atoms with Gasteiger partial charge in [-0.05, 0) is 30.2 Å². The smallest absolute Gasteiger partial charge is 0.394 e. The maximum atomic E-state index is 14.8. The van der Waals surface area contributed by atoms with Gasteiger partial charge in [-0.1, -0.05) is 12.1 Å². The van der Waals surface area contributed by atoms with E-state index in [9.17, 15) is 32.3 Å². The van der Waals surface area contributed by atoms with E-state index in [2.05, 4.69) is 20.8 Å². The van der Waals surface area contributed by atoms with Crippen molar-refractivity contribution in [3.05, 3.63) is 70.4 Å². The first kappa shape index (κ1) is 35.9. The van der Waals surface area contributed by atoms with Crippen LogP contribution in [0.15, 0.2) is 59.3 Å². The summed E-state index contributed by atoms with van der Waals surface area (Å²) < 4.78 is 46.9. The van der Waals surface area contributed by atoms with E-state index in [-0.39, 0.29) is 55.9 Å².